The summed E-state index contributed by atoms with van der Waals surface area (Å²) in [6.45, 7) is 5.87. The molecule has 0 radical (unpaired) electrons. The topological polar surface area (TPSA) is 62.6 Å². The van der Waals surface area contributed by atoms with Gasteiger partial charge in [0.2, 0.25) is 5.09 Å². The van der Waals surface area contributed by atoms with Gasteiger partial charge in [0.05, 0.1) is 6.54 Å². The first-order valence-corrected chi connectivity index (χ1v) is 8.11. The van der Waals surface area contributed by atoms with Crippen molar-refractivity contribution >= 4 is 10.0 Å². The molecule has 2 unspecified atom stereocenters. The highest BCUT2D eigenvalue weighted by atomic mass is 32.2. The summed E-state index contributed by atoms with van der Waals surface area (Å²) in [7, 11) is -1.69. The van der Waals surface area contributed by atoms with E-state index in [2.05, 4.69) is 19.2 Å². The Morgan fingerprint density at radius 2 is 1.95 bits per heavy atom. The van der Waals surface area contributed by atoms with Gasteiger partial charge in [-0.2, -0.15) is 4.31 Å². The van der Waals surface area contributed by atoms with Crippen LogP contribution in [0.1, 0.15) is 26.0 Å². The lowest BCUT2D eigenvalue weighted by Crippen LogP contribution is -2.42. The normalized spacial score (nSPS) is 25.6. The molecule has 19 heavy (non-hydrogen) atoms. The van der Waals surface area contributed by atoms with Crippen molar-refractivity contribution in [1.82, 2.24) is 9.62 Å². The number of sulfonamides is 1. The van der Waals surface area contributed by atoms with Gasteiger partial charge in [-0.25, -0.2) is 8.42 Å². The zero-order valence-corrected chi connectivity index (χ0v) is 12.5. The molecule has 108 valence electrons. The highest BCUT2D eigenvalue weighted by Gasteiger charge is 2.33. The van der Waals surface area contributed by atoms with Crippen molar-refractivity contribution < 1.29 is 12.8 Å². The molecule has 1 saturated heterocycles. The van der Waals surface area contributed by atoms with Crippen molar-refractivity contribution in [2.24, 2.45) is 11.8 Å². The minimum Gasteiger partial charge on any atom is -0.447 e. The summed E-state index contributed by atoms with van der Waals surface area (Å²) in [5, 5.41) is 2.99. The Balaban J connectivity index is 2.20. The number of hydrogen-bond acceptors (Lipinski definition) is 4. The smallest absolute Gasteiger partial charge is 0.276 e. The molecule has 0 amide bonds. The fourth-order valence-electron chi connectivity index (χ4n) is 2.70. The van der Waals surface area contributed by atoms with E-state index >= 15 is 0 Å². The average molecular weight is 286 g/mol. The summed E-state index contributed by atoms with van der Waals surface area (Å²) in [6, 6.07) is 3.26. The van der Waals surface area contributed by atoms with Crippen molar-refractivity contribution in [3.05, 3.63) is 17.9 Å². The van der Waals surface area contributed by atoms with E-state index in [9.17, 15) is 8.42 Å². The van der Waals surface area contributed by atoms with Crippen LogP contribution in [0, 0.1) is 11.8 Å². The Morgan fingerprint density at radius 1 is 1.32 bits per heavy atom. The summed E-state index contributed by atoms with van der Waals surface area (Å²) in [5.74, 6) is 1.43. The van der Waals surface area contributed by atoms with Crippen LogP contribution < -0.4 is 5.32 Å². The summed E-state index contributed by atoms with van der Waals surface area (Å²) >= 11 is 0. The molecular weight excluding hydrogens is 264 g/mol. The van der Waals surface area contributed by atoms with Crippen molar-refractivity contribution in [3.8, 4) is 0 Å². The van der Waals surface area contributed by atoms with Crippen LogP contribution in [0.2, 0.25) is 0 Å². The van der Waals surface area contributed by atoms with Gasteiger partial charge in [-0.3, -0.25) is 0 Å². The van der Waals surface area contributed by atoms with E-state index in [0.29, 0.717) is 37.2 Å². The minimum atomic E-state index is -3.49. The average Bonchev–Trinajstić information content (AvgIpc) is 2.77. The van der Waals surface area contributed by atoms with Gasteiger partial charge in [-0.1, -0.05) is 13.8 Å². The van der Waals surface area contributed by atoms with E-state index in [1.807, 2.05) is 0 Å². The second-order valence-electron chi connectivity index (χ2n) is 5.52. The minimum absolute atomic E-state index is 0.0547. The predicted octanol–water partition coefficient (Wildman–Crippen LogP) is 1.67. The quantitative estimate of drug-likeness (QED) is 0.914. The monoisotopic (exact) mass is 286 g/mol. The van der Waals surface area contributed by atoms with E-state index in [4.69, 9.17) is 4.42 Å². The fourth-order valence-corrected chi connectivity index (χ4v) is 4.30. The van der Waals surface area contributed by atoms with Gasteiger partial charge in [0.25, 0.3) is 10.0 Å². The Bertz CT molecular complexity index is 514. The molecule has 1 N–H and O–H groups in total. The number of hydrogen-bond donors (Lipinski definition) is 1. The molecule has 1 aliphatic rings. The van der Waals surface area contributed by atoms with Crippen LogP contribution in [0.3, 0.4) is 0 Å². The van der Waals surface area contributed by atoms with Gasteiger partial charge in [-0.15, -0.1) is 0 Å². The second kappa shape index (κ2) is 5.64. The lowest BCUT2D eigenvalue weighted by Gasteiger charge is -2.33. The van der Waals surface area contributed by atoms with Gasteiger partial charge in [0.15, 0.2) is 0 Å². The molecule has 1 aromatic rings. The second-order valence-corrected chi connectivity index (χ2v) is 7.39. The van der Waals surface area contributed by atoms with Crippen LogP contribution >= 0.6 is 0 Å². The Hall–Kier alpha value is -0.850. The van der Waals surface area contributed by atoms with Crippen LogP contribution in [-0.4, -0.2) is 32.9 Å². The Morgan fingerprint density at radius 3 is 2.53 bits per heavy atom. The lowest BCUT2D eigenvalue weighted by atomic mass is 9.94. The molecule has 1 aromatic heterocycles. The highest BCUT2D eigenvalue weighted by Crippen LogP contribution is 2.27. The largest absolute Gasteiger partial charge is 0.447 e. The van der Waals surface area contributed by atoms with Gasteiger partial charge in [0, 0.05) is 13.1 Å². The maximum absolute atomic E-state index is 12.5. The SMILES string of the molecule is CNCc1ccc(S(=O)(=O)N2CC(C)CC(C)C2)o1. The summed E-state index contributed by atoms with van der Waals surface area (Å²) < 4.78 is 32.0. The van der Waals surface area contributed by atoms with Gasteiger partial charge >= 0.3 is 0 Å². The van der Waals surface area contributed by atoms with Crippen molar-refractivity contribution in [2.45, 2.75) is 31.9 Å². The van der Waals surface area contributed by atoms with Crippen LogP contribution in [0.4, 0.5) is 0 Å². The third-order valence-corrected chi connectivity index (χ3v) is 5.12. The molecule has 6 heteroatoms. The summed E-state index contributed by atoms with van der Waals surface area (Å²) in [4.78, 5) is 0. The van der Waals surface area contributed by atoms with E-state index < -0.39 is 10.0 Å². The Kier molecular flexibility index (Phi) is 4.32. The van der Waals surface area contributed by atoms with Gasteiger partial charge in [-0.05, 0) is 37.4 Å². The number of furan rings is 1. The van der Waals surface area contributed by atoms with E-state index in [-0.39, 0.29) is 5.09 Å². The molecule has 0 spiro atoms. The first kappa shape index (κ1) is 14.6. The summed E-state index contributed by atoms with van der Waals surface area (Å²) in [6.07, 6.45) is 1.08. The van der Waals surface area contributed by atoms with Gasteiger partial charge in [0.1, 0.15) is 5.76 Å². The molecule has 0 aromatic carbocycles. The third kappa shape index (κ3) is 3.19. The lowest BCUT2D eigenvalue weighted by molar-refractivity contribution is 0.218. The Labute approximate surface area is 115 Å². The molecule has 0 aliphatic carbocycles. The van der Waals surface area contributed by atoms with Crippen LogP contribution in [0.15, 0.2) is 21.6 Å². The fraction of sp³-hybridized carbons (Fsp3) is 0.692. The van der Waals surface area contributed by atoms with E-state index in [1.54, 1.807) is 23.5 Å². The number of nitrogens with zero attached hydrogens (tertiary/aromatic N) is 1. The first-order chi connectivity index (χ1) is 8.93. The zero-order chi connectivity index (χ0) is 14.0. The molecule has 1 fully saturated rings. The summed E-state index contributed by atoms with van der Waals surface area (Å²) in [5.41, 5.74) is 0. The molecule has 0 saturated carbocycles. The van der Waals surface area contributed by atoms with E-state index in [0.717, 1.165) is 6.42 Å². The molecule has 5 nitrogen and oxygen atoms in total. The highest BCUT2D eigenvalue weighted by molar-refractivity contribution is 7.89. The molecule has 1 aliphatic heterocycles. The number of piperidine rings is 1. The third-order valence-electron chi connectivity index (χ3n) is 3.42. The van der Waals surface area contributed by atoms with Gasteiger partial charge < -0.3 is 9.73 Å². The van der Waals surface area contributed by atoms with E-state index in [1.165, 1.54) is 0 Å². The molecular formula is C13H22N2O3S. The molecule has 2 atom stereocenters. The standard InChI is InChI=1S/C13H22N2O3S/c1-10-6-11(2)9-15(8-10)19(16,17)13-5-4-12(18-13)7-14-3/h4-5,10-11,14H,6-9H2,1-3H3. The number of rotatable bonds is 4. The maximum Gasteiger partial charge on any atom is 0.276 e. The predicted molar refractivity (Wildman–Crippen MR) is 73.2 cm³/mol. The van der Waals surface area contributed by atoms with Crippen LogP contribution in [0.5, 0.6) is 0 Å². The molecule has 2 rings (SSSR count). The van der Waals surface area contributed by atoms with Crippen LogP contribution in [-0.2, 0) is 16.6 Å². The van der Waals surface area contributed by atoms with Crippen LogP contribution in [0.25, 0.3) is 0 Å². The first-order valence-electron chi connectivity index (χ1n) is 6.67. The zero-order valence-electron chi connectivity index (χ0n) is 11.7. The molecule has 0 bridgehead atoms. The number of nitrogens with one attached hydrogen (secondary N) is 1. The van der Waals surface area contributed by atoms with Crippen molar-refractivity contribution in [3.63, 3.8) is 0 Å². The maximum atomic E-state index is 12.5. The molecule has 2 heterocycles. The van der Waals surface area contributed by atoms with Crippen molar-refractivity contribution in [1.29, 1.82) is 0 Å². The van der Waals surface area contributed by atoms with Crippen molar-refractivity contribution in [2.75, 3.05) is 20.1 Å².